The summed E-state index contributed by atoms with van der Waals surface area (Å²) in [4.78, 5) is 12.6. The summed E-state index contributed by atoms with van der Waals surface area (Å²) in [5, 5.41) is 10.3. The largest absolute Gasteiger partial charge is 0.504 e. The number of rotatable bonds is 2. The fourth-order valence-corrected chi connectivity index (χ4v) is 2.86. The number of carbonyl (C=O) groups excluding carboxylic acids is 1. The summed E-state index contributed by atoms with van der Waals surface area (Å²) < 4.78 is 5.09. The van der Waals surface area contributed by atoms with Crippen molar-refractivity contribution in [2.24, 2.45) is 0 Å². The molecule has 0 aliphatic heterocycles. The van der Waals surface area contributed by atoms with Crippen LogP contribution in [-0.2, 0) is 6.42 Å². The van der Waals surface area contributed by atoms with Crippen molar-refractivity contribution in [1.29, 1.82) is 0 Å². The topological polar surface area (TPSA) is 46.5 Å². The van der Waals surface area contributed by atoms with E-state index in [2.05, 4.69) is 0 Å². The van der Waals surface area contributed by atoms with Crippen molar-refractivity contribution in [2.75, 3.05) is 7.11 Å². The molecule has 1 aliphatic carbocycles. The molecule has 1 aliphatic rings. The number of halogens is 1. The molecule has 0 amide bonds. The summed E-state index contributed by atoms with van der Waals surface area (Å²) in [6.45, 7) is 0. The Morgan fingerprint density at radius 1 is 1.18 bits per heavy atom. The van der Waals surface area contributed by atoms with Gasteiger partial charge in [-0.3, -0.25) is 4.79 Å². The summed E-state index contributed by atoms with van der Waals surface area (Å²) in [6, 6.07) is 10.4. The zero-order chi connectivity index (χ0) is 15.7. The second-order valence-corrected chi connectivity index (χ2v) is 5.67. The van der Waals surface area contributed by atoms with E-state index in [1.54, 1.807) is 30.3 Å². The molecule has 22 heavy (non-hydrogen) atoms. The Labute approximate surface area is 133 Å². The molecule has 0 bridgehead atoms. The second-order valence-electron chi connectivity index (χ2n) is 5.23. The number of benzene rings is 2. The van der Waals surface area contributed by atoms with E-state index in [1.165, 1.54) is 7.11 Å². The molecule has 3 rings (SSSR count). The number of hydrogen-bond donors (Lipinski definition) is 1. The zero-order valence-corrected chi connectivity index (χ0v) is 12.9. The molecule has 4 heteroatoms. The average Bonchev–Trinajstić information content (AvgIpc) is 2.51. The third kappa shape index (κ3) is 2.72. The number of aromatic hydroxyl groups is 1. The molecule has 0 saturated heterocycles. The van der Waals surface area contributed by atoms with Crippen LogP contribution in [0, 0.1) is 0 Å². The van der Waals surface area contributed by atoms with Crippen molar-refractivity contribution in [3.8, 4) is 11.5 Å². The Hall–Kier alpha value is -2.26. The van der Waals surface area contributed by atoms with E-state index in [0.717, 1.165) is 23.1 Å². The van der Waals surface area contributed by atoms with E-state index in [9.17, 15) is 9.90 Å². The van der Waals surface area contributed by atoms with Gasteiger partial charge in [-0.1, -0.05) is 17.7 Å². The number of ketones is 1. The van der Waals surface area contributed by atoms with Crippen molar-refractivity contribution in [2.45, 2.75) is 12.8 Å². The van der Waals surface area contributed by atoms with E-state index >= 15 is 0 Å². The van der Waals surface area contributed by atoms with E-state index in [1.807, 2.05) is 12.1 Å². The number of fused-ring (bicyclic) bond motifs is 1. The van der Waals surface area contributed by atoms with Gasteiger partial charge in [0.25, 0.3) is 0 Å². The van der Waals surface area contributed by atoms with Crippen molar-refractivity contribution >= 4 is 23.5 Å². The van der Waals surface area contributed by atoms with Gasteiger partial charge >= 0.3 is 0 Å². The minimum Gasteiger partial charge on any atom is -0.504 e. The number of hydrogen-bond acceptors (Lipinski definition) is 3. The summed E-state index contributed by atoms with van der Waals surface area (Å²) in [5.41, 5.74) is 3.29. The van der Waals surface area contributed by atoms with Crippen LogP contribution in [0.3, 0.4) is 0 Å². The first-order valence-corrected chi connectivity index (χ1v) is 7.37. The van der Waals surface area contributed by atoms with Crippen LogP contribution in [0.1, 0.15) is 27.9 Å². The van der Waals surface area contributed by atoms with Crippen molar-refractivity contribution < 1.29 is 14.6 Å². The Morgan fingerprint density at radius 3 is 2.77 bits per heavy atom. The number of phenols is 1. The first kappa shape index (κ1) is 14.7. The molecule has 2 aromatic rings. The van der Waals surface area contributed by atoms with Gasteiger partial charge in [0, 0.05) is 16.2 Å². The van der Waals surface area contributed by atoms with Crippen LogP contribution in [0.2, 0.25) is 5.02 Å². The van der Waals surface area contributed by atoms with Gasteiger partial charge in [0.2, 0.25) is 0 Å². The predicted molar refractivity (Wildman–Crippen MR) is 86.7 cm³/mol. The first-order valence-electron chi connectivity index (χ1n) is 6.99. The van der Waals surface area contributed by atoms with Gasteiger partial charge < -0.3 is 9.84 Å². The monoisotopic (exact) mass is 314 g/mol. The van der Waals surface area contributed by atoms with Gasteiger partial charge in [-0.2, -0.15) is 0 Å². The molecule has 0 aromatic heterocycles. The molecule has 0 radical (unpaired) electrons. The Morgan fingerprint density at radius 2 is 2.00 bits per heavy atom. The van der Waals surface area contributed by atoms with E-state index in [4.69, 9.17) is 16.3 Å². The van der Waals surface area contributed by atoms with Crippen molar-refractivity contribution in [1.82, 2.24) is 0 Å². The molecular weight excluding hydrogens is 300 g/mol. The number of allylic oxidation sites excluding steroid dienone is 1. The van der Waals surface area contributed by atoms with Crippen molar-refractivity contribution in [3.05, 3.63) is 63.7 Å². The summed E-state index contributed by atoms with van der Waals surface area (Å²) in [6.07, 6.45) is 3.32. The molecule has 2 aromatic carbocycles. The lowest BCUT2D eigenvalue weighted by atomic mass is 9.86. The lowest BCUT2D eigenvalue weighted by Crippen LogP contribution is -2.13. The molecule has 0 atom stereocenters. The lowest BCUT2D eigenvalue weighted by Gasteiger charge is -2.17. The summed E-state index contributed by atoms with van der Waals surface area (Å²) >= 11 is 5.98. The molecule has 0 unspecified atom stereocenters. The predicted octanol–water partition coefficient (Wildman–Crippen LogP) is 4.27. The maximum atomic E-state index is 12.6. The number of carbonyl (C=O) groups is 1. The number of ether oxygens (including phenoxy) is 1. The van der Waals surface area contributed by atoms with Crippen LogP contribution < -0.4 is 4.74 Å². The highest BCUT2D eigenvalue weighted by molar-refractivity contribution is 6.31. The molecule has 3 nitrogen and oxygen atoms in total. The van der Waals surface area contributed by atoms with Gasteiger partial charge in [-0.25, -0.2) is 0 Å². The maximum absolute atomic E-state index is 12.6. The minimum absolute atomic E-state index is 0.0324. The molecule has 0 heterocycles. The van der Waals surface area contributed by atoms with Crippen LogP contribution in [0.25, 0.3) is 6.08 Å². The highest BCUT2D eigenvalue weighted by Crippen LogP contribution is 2.31. The van der Waals surface area contributed by atoms with E-state index in [0.29, 0.717) is 22.8 Å². The van der Waals surface area contributed by atoms with Gasteiger partial charge in [0.1, 0.15) is 0 Å². The molecule has 0 spiro atoms. The third-order valence-electron chi connectivity index (χ3n) is 3.81. The van der Waals surface area contributed by atoms with E-state index < -0.39 is 0 Å². The van der Waals surface area contributed by atoms with Gasteiger partial charge in [0.15, 0.2) is 17.3 Å². The molecule has 0 fully saturated rings. The standard InChI is InChI=1S/C18H15ClO3/c1-22-17-9-11(2-7-16(17)20)8-13-4-3-12-10-14(19)5-6-15(12)18(13)21/h2,5-10,20H,3-4H2,1H3/b13-8+. The van der Waals surface area contributed by atoms with Crippen molar-refractivity contribution in [3.63, 3.8) is 0 Å². The number of phenolic OH excluding ortho intramolecular Hbond substituents is 1. The second kappa shape index (κ2) is 5.85. The molecule has 112 valence electrons. The maximum Gasteiger partial charge on any atom is 0.189 e. The van der Waals surface area contributed by atoms with Crippen LogP contribution in [-0.4, -0.2) is 18.0 Å². The SMILES string of the molecule is COc1cc(/C=C2\CCc3cc(Cl)ccc3C2=O)ccc1O. The van der Waals surface area contributed by atoms with Gasteiger partial charge in [-0.05, 0) is 60.4 Å². The molecular formula is C18H15ClO3. The first-order chi connectivity index (χ1) is 10.6. The lowest BCUT2D eigenvalue weighted by molar-refractivity contribution is 0.102. The van der Waals surface area contributed by atoms with Crippen LogP contribution in [0.5, 0.6) is 11.5 Å². The zero-order valence-electron chi connectivity index (χ0n) is 12.1. The smallest absolute Gasteiger partial charge is 0.189 e. The van der Waals surface area contributed by atoms with E-state index in [-0.39, 0.29) is 11.5 Å². The van der Waals surface area contributed by atoms with Crippen LogP contribution in [0.4, 0.5) is 0 Å². The Kier molecular flexibility index (Phi) is 3.90. The van der Waals surface area contributed by atoms with Crippen LogP contribution >= 0.6 is 11.6 Å². The van der Waals surface area contributed by atoms with Crippen LogP contribution in [0.15, 0.2) is 42.0 Å². The quantitative estimate of drug-likeness (QED) is 0.842. The summed E-state index contributed by atoms with van der Waals surface area (Å²) in [5.74, 6) is 0.509. The normalized spacial score (nSPS) is 15.7. The Bertz CT molecular complexity index is 778. The highest BCUT2D eigenvalue weighted by atomic mass is 35.5. The number of aryl methyl sites for hydroxylation is 1. The molecule has 0 saturated carbocycles. The minimum atomic E-state index is 0.0324. The highest BCUT2D eigenvalue weighted by Gasteiger charge is 2.22. The third-order valence-corrected chi connectivity index (χ3v) is 4.05. The average molecular weight is 315 g/mol. The fraction of sp³-hybridized carbons (Fsp3) is 0.167. The Balaban J connectivity index is 1.96. The number of methoxy groups -OCH3 is 1. The number of Topliss-reactive ketones (excluding diaryl/α,β-unsaturated/α-hetero) is 1. The summed E-state index contributed by atoms with van der Waals surface area (Å²) in [7, 11) is 1.50. The molecule has 1 N–H and O–H groups in total. The van der Waals surface area contributed by atoms with Gasteiger partial charge in [0.05, 0.1) is 7.11 Å². The van der Waals surface area contributed by atoms with Gasteiger partial charge in [-0.15, -0.1) is 0 Å². The fourth-order valence-electron chi connectivity index (χ4n) is 2.67.